The lowest BCUT2D eigenvalue weighted by Crippen LogP contribution is -2.13. The molecule has 0 aromatic heterocycles. The highest BCUT2D eigenvalue weighted by atomic mass is 79.9. The van der Waals surface area contributed by atoms with E-state index in [0.717, 1.165) is 37.8 Å². The minimum atomic E-state index is 0.747. The van der Waals surface area contributed by atoms with Crippen molar-refractivity contribution in [2.45, 2.75) is 13.1 Å². The zero-order valence-corrected chi connectivity index (χ0v) is 15.7. The number of ether oxygens (including phenoxy) is 1. The smallest absolute Gasteiger partial charge is 0.137 e. The quantitative estimate of drug-likeness (QED) is 0.652. The maximum absolute atomic E-state index is 5.44. The van der Waals surface area contributed by atoms with Gasteiger partial charge in [-0.2, -0.15) is 0 Å². The summed E-state index contributed by atoms with van der Waals surface area (Å²) in [5.74, 6) is 0.872. The molecular formula is C15H14Br3NO. The lowest BCUT2D eigenvalue weighted by molar-refractivity contribution is 0.405. The number of benzene rings is 2. The van der Waals surface area contributed by atoms with Crippen molar-refractivity contribution in [3.63, 3.8) is 0 Å². The molecule has 0 unspecified atom stereocenters. The van der Waals surface area contributed by atoms with Gasteiger partial charge in [0, 0.05) is 27.6 Å². The first-order chi connectivity index (χ1) is 9.60. The first-order valence-electron chi connectivity index (χ1n) is 6.07. The molecule has 2 aromatic rings. The van der Waals surface area contributed by atoms with E-state index in [-0.39, 0.29) is 0 Å². The van der Waals surface area contributed by atoms with Crippen molar-refractivity contribution >= 4 is 47.8 Å². The second kappa shape index (κ2) is 7.59. The number of nitrogens with one attached hydrogen (secondary N) is 1. The molecule has 0 heterocycles. The molecule has 0 spiro atoms. The molecule has 2 aromatic carbocycles. The fraction of sp³-hybridized carbons (Fsp3) is 0.200. The number of rotatable bonds is 5. The third-order valence-corrected chi connectivity index (χ3v) is 4.42. The van der Waals surface area contributed by atoms with E-state index in [1.54, 1.807) is 7.11 Å². The van der Waals surface area contributed by atoms with Crippen molar-refractivity contribution in [1.29, 1.82) is 0 Å². The van der Waals surface area contributed by atoms with Gasteiger partial charge < -0.3 is 10.1 Å². The van der Waals surface area contributed by atoms with Crippen LogP contribution < -0.4 is 10.1 Å². The SMILES string of the molecule is COc1c(Br)cc(Br)cc1CNCc1ccc(Br)cc1. The number of methoxy groups -OCH3 is 1. The number of halogens is 3. The summed E-state index contributed by atoms with van der Waals surface area (Å²) in [6.07, 6.45) is 0. The summed E-state index contributed by atoms with van der Waals surface area (Å²) >= 11 is 10.5. The fourth-order valence-corrected chi connectivity index (χ4v) is 3.66. The van der Waals surface area contributed by atoms with Crippen LogP contribution in [0, 0.1) is 0 Å². The average molecular weight is 464 g/mol. The third-order valence-electron chi connectivity index (χ3n) is 2.85. The summed E-state index contributed by atoms with van der Waals surface area (Å²) in [7, 11) is 1.69. The Hall–Kier alpha value is -0.360. The number of hydrogen-bond donors (Lipinski definition) is 1. The molecule has 0 aliphatic carbocycles. The summed E-state index contributed by atoms with van der Waals surface area (Å²) in [5, 5.41) is 3.43. The Kier molecular flexibility index (Phi) is 6.08. The predicted molar refractivity (Wildman–Crippen MR) is 93.1 cm³/mol. The summed E-state index contributed by atoms with van der Waals surface area (Å²) in [5.41, 5.74) is 2.37. The van der Waals surface area contributed by atoms with Crippen LogP contribution in [0.2, 0.25) is 0 Å². The zero-order valence-electron chi connectivity index (χ0n) is 10.9. The summed E-state index contributed by atoms with van der Waals surface area (Å²) in [6, 6.07) is 12.4. The molecule has 5 heteroatoms. The summed E-state index contributed by atoms with van der Waals surface area (Å²) < 4.78 is 8.52. The van der Waals surface area contributed by atoms with Crippen molar-refractivity contribution in [1.82, 2.24) is 5.32 Å². The summed E-state index contributed by atoms with van der Waals surface area (Å²) in [4.78, 5) is 0. The van der Waals surface area contributed by atoms with Gasteiger partial charge in [0.2, 0.25) is 0 Å². The first kappa shape index (κ1) is 16.0. The van der Waals surface area contributed by atoms with E-state index >= 15 is 0 Å². The Labute approximate surface area is 144 Å². The second-order valence-electron chi connectivity index (χ2n) is 4.31. The van der Waals surface area contributed by atoms with Gasteiger partial charge >= 0.3 is 0 Å². The van der Waals surface area contributed by atoms with Gasteiger partial charge in [-0.3, -0.25) is 0 Å². The van der Waals surface area contributed by atoms with Crippen molar-refractivity contribution in [2.75, 3.05) is 7.11 Å². The Morgan fingerprint density at radius 2 is 1.65 bits per heavy atom. The molecule has 2 rings (SSSR count). The van der Waals surface area contributed by atoms with E-state index < -0.39 is 0 Å². The highest BCUT2D eigenvalue weighted by Crippen LogP contribution is 2.32. The molecule has 0 aliphatic rings. The lowest BCUT2D eigenvalue weighted by Gasteiger charge is -2.12. The largest absolute Gasteiger partial charge is 0.495 e. The van der Waals surface area contributed by atoms with Crippen LogP contribution in [0.25, 0.3) is 0 Å². The van der Waals surface area contributed by atoms with E-state index in [9.17, 15) is 0 Å². The Morgan fingerprint density at radius 1 is 0.950 bits per heavy atom. The molecular weight excluding hydrogens is 450 g/mol. The van der Waals surface area contributed by atoms with E-state index in [1.807, 2.05) is 18.2 Å². The maximum Gasteiger partial charge on any atom is 0.137 e. The van der Waals surface area contributed by atoms with Gasteiger partial charge in [0.05, 0.1) is 11.6 Å². The van der Waals surface area contributed by atoms with Gasteiger partial charge in [0.15, 0.2) is 0 Å². The standard InChI is InChI=1S/C15H14Br3NO/c1-20-15-11(6-13(17)7-14(15)18)9-19-8-10-2-4-12(16)5-3-10/h2-7,19H,8-9H2,1H3. The van der Waals surface area contributed by atoms with Gasteiger partial charge in [0.1, 0.15) is 5.75 Å². The van der Waals surface area contributed by atoms with Crippen LogP contribution in [0.3, 0.4) is 0 Å². The van der Waals surface area contributed by atoms with Crippen molar-refractivity contribution in [3.05, 3.63) is 60.9 Å². The van der Waals surface area contributed by atoms with Crippen LogP contribution in [0.1, 0.15) is 11.1 Å². The molecule has 0 radical (unpaired) electrons. The second-order valence-corrected chi connectivity index (χ2v) is 7.00. The van der Waals surface area contributed by atoms with Crippen LogP contribution in [-0.4, -0.2) is 7.11 Å². The Morgan fingerprint density at radius 3 is 2.30 bits per heavy atom. The Balaban J connectivity index is 2.02. The monoisotopic (exact) mass is 461 g/mol. The van der Waals surface area contributed by atoms with Gasteiger partial charge in [-0.05, 0) is 45.8 Å². The molecule has 0 bridgehead atoms. The van der Waals surface area contributed by atoms with Crippen LogP contribution in [0.5, 0.6) is 5.75 Å². The van der Waals surface area contributed by atoms with Crippen molar-refractivity contribution in [3.8, 4) is 5.75 Å². The normalized spacial score (nSPS) is 10.6. The first-order valence-corrected chi connectivity index (χ1v) is 8.45. The van der Waals surface area contributed by atoms with Crippen LogP contribution in [0.15, 0.2) is 49.8 Å². The molecule has 2 nitrogen and oxygen atoms in total. The summed E-state index contributed by atoms with van der Waals surface area (Å²) in [6.45, 7) is 1.57. The highest BCUT2D eigenvalue weighted by molar-refractivity contribution is 9.11. The topological polar surface area (TPSA) is 21.3 Å². The van der Waals surface area contributed by atoms with Crippen LogP contribution in [0.4, 0.5) is 0 Å². The van der Waals surface area contributed by atoms with E-state index in [4.69, 9.17) is 4.74 Å². The van der Waals surface area contributed by atoms with Crippen LogP contribution in [-0.2, 0) is 13.1 Å². The van der Waals surface area contributed by atoms with Crippen molar-refractivity contribution < 1.29 is 4.74 Å². The van der Waals surface area contributed by atoms with Crippen LogP contribution >= 0.6 is 47.8 Å². The number of hydrogen-bond acceptors (Lipinski definition) is 2. The minimum absolute atomic E-state index is 0.747. The van der Waals surface area contributed by atoms with Gasteiger partial charge in [-0.1, -0.05) is 44.0 Å². The molecule has 106 valence electrons. The van der Waals surface area contributed by atoms with E-state index in [0.29, 0.717) is 0 Å². The molecule has 0 fully saturated rings. The van der Waals surface area contributed by atoms with E-state index in [1.165, 1.54) is 5.56 Å². The van der Waals surface area contributed by atoms with Gasteiger partial charge in [-0.25, -0.2) is 0 Å². The van der Waals surface area contributed by atoms with Gasteiger partial charge in [0.25, 0.3) is 0 Å². The minimum Gasteiger partial charge on any atom is -0.495 e. The highest BCUT2D eigenvalue weighted by Gasteiger charge is 2.08. The zero-order chi connectivity index (χ0) is 14.5. The van der Waals surface area contributed by atoms with Crippen molar-refractivity contribution in [2.24, 2.45) is 0 Å². The average Bonchev–Trinajstić information content (AvgIpc) is 2.40. The van der Waals surface area contributed by atoms with E-state index in [2.05, 4.69) is 71.3 Å². The van der Waals surface area contributed by atoms with Gasteiger partial charge in [-0.15, -0.1) is 0 Å². The maximum atomic E-state index is 5.44. The fourth-order valence-electron chi connectivity index (χ4n) is 1.92. The molecule has 1 N–H and O–H groups in total. The molecule has 0 amide bonds. The predicted octanol–water partition coefficient (Wildman–Crippen LogP) is 5.27. The molecule has 0 saturated carbocycles. The lowest BCUT2D eigenvalue weighted by atomic mass is 10.2. The molecule has 0 aliphatic heterocycles. The molecule has 0 atom stereocenters. The molecule has 20 heavy (non-hydrogen) atoms. The third kappa shape index (κ3) is 4.32. The Bertz CT molecular complexity index is 584. The molecule has 0 saturated heterocycles.